The molecule has 2 atom stereocenters. The fraction of sp³-hybridized carbons (Fsp3) is 0.556. The molecule has 0 radical (unpaired) electrons. The van der Waals surface area contributed by atoms with E-state index in [1.165, 1.54) is 0 Å². The first kappa shape index (κ1) is 19.1. The number of halogens is 1. The van der Waals surface area contributed by atoms with Crippen LogP contribution in [0.1, 0.15) is 44.6 Å². The molecule has 1 aliphatic rings. The van der Waals surface area contributed by atoms with Crippen molar-refractivity contribution in [2.75, 3.05) is 12.4 Å². The normalized spacial score (nSPS) is 20.5. The molecule has 1 amide bonds. The highest BCUT2D eigenvalue weighted by atomic mass is 35.5. The van der Waals surface area contributed by atoms with Gasteiger partial charge < -0.3 is 9.64 Å². The summed E-state index contributed by atoms with van der Waals surface area (Å²) in [4.78, 5) is 26.9. The maximum absolute atomic E-state index is 12.7. The summed E-state index contributed by atoms with van der Waals surface area (Å²) in [7, 11) is 0. The Bertz CT molecular complexity index is 593. The Morgan fingerprint density at radius 1 is 1.38 bits per heavy atom. The van der Waals surface area contributed by atoms with Gasteiger partial charge in [0, 0.05) is 22.3 Å². The third-order valence-electron chi connectivity index (χ3n) is 3.93. The number of carbonyl (C=O) groups excluding carboxylic acids is 2. The van der Waals surface area contributed by atoms with Gasteiger partial charge in [-0.2, -0.15) is 0 Å². The molecule has 4 nitrogen and oxygen atoms in total. The Balaban J connectivity index is 2.25. The van der Waals surface area contributed by atoms with E-state index in [1.807, 2.05) is 45.0 Å². The molecular formula is C18H24ClNO3S. The summed E-state index contributed by atoms with van der Waals surface area (Å²) in [6.45, 7) is 6.13. The predicted octanol–water partition coefficient (Wildman–Crippen LogP) is 4.28. The molecule has 132 valence electrons. The van der Waals surface area contributed by atoms with E-state index in [4.69, 9.17) is 16.3 Å². The van der Waals surface area contributed by atoms with E-state index in [0.717, 1.165) is 18.4 Å². The number of esters is 1. The van der Waals surface area contributed by atoms with Crippen LogP contribution in [-0.4, -0.2) is 35.2 Å². The number of hydrogen-bond acceptors (Lipinski definition) is 4. The molecule has 1 saturated heterocycles. The highest BCUT2D eigenvalue weighted by Gasteiger charge is 2.44. The molecule has 1 aliphatic heterocycles. The standard InChI is InChI=1S/C18H24ClNO3S/c1-4-5-10-23-18(22)15-11-24-17(20(15)16(21)12(2)3)13-8-6-7-9-14(13)19/h6-9,12,15,17H,4-5,10-11H2,1-3H3. The molecule has 2 rings (SSSR count). The van der Waals surface area contributed by atoms with Crippen LogP contribution in [0.4, 0.5) is 0 Å². The maximum Gasteiger partial charge on any atom is 0.329 e. The van der Waals surface area contributed by atoms with E-state index in [2.05, 4.69) is 0 Å². The molecular weight excluding hydrogens is 346 g/mol. The van der Waals surface area contributed by atoms with Crippen molar-refractivity contribution >= 4 is 35.2 Å². The van der Waals surface area contributed by atoms with Crippen molar-refractivity contribution in [1.82, 2.24) is 4.90 Å². The van der Waals surface area contributed by atoms with Gasteiger partial charge in [-0.05, 0) is 12.5 Å². The van der Waals surface area contributed by atoms with Crippen LogP contribution in [-0.2, 0) is 14.3 Å². The van der Waals surface area contributed by atoms with Crippen LogP contribution >= 0.6 is 23.4 Å². The number of unbranched alkanes of at least 4 members (excludes halogenated alkanes) is 1. The fourth-order valence-electron chi connectivity index (χ4n) is 2.58. The van der Waals surface area contributed by atoms with Crippen LogP contribution in [0, 0.1) is 5.92 Å². The Labute approximate surface area is 152 Å². The summed E-state index contributed by atoms with van der Waals surface area (Å²) in [6.07, 6.45) is 1.79. The van der Waals surface area contributed by atoms with Crippen molar-refractivity contribution in [1.29, 1.82) is 0 Å². The number of benzene rings is 1. The van der Waals surface area contributed by atoms with E-state index in [9.17, 15) is 9.59 Å². The molecule has 0 bridgehead atoms. The lowest BCUT2D eigenvalue weighted by molar-refractivity contribution is -0.155. The Morgan fingerprint density at radius 2 is 2.08 bits per heavy atom. The Morgan fingerprint density at radius 3 is 2.71 bits per heavy atom. The van der Waals surface area contributed by atoms with Gasteiger partial charge in [0.05, 0.1) is 6.61 Å². The van der Waals surface area contributed by atoms with Crippen molar-refractivity contribution in [3.8, 4) is 0 Å². The summed E-state index contributed by atoms with van der Waals surface area (Å²) in [5.74, 6) is -0.0410. The molecule has 24 heavy (non-hydrogen) atoms. The molecule has 1 aromatic rings. The van der Waals surface area contributed by atoms with Gasteiger partial charge in [0.25, 0.3) is 0 Å². The summed E-state index contributed by atoms with van der Waals surface area (Å²) >= 11 is 7.88. The van der Waals surface area contributed by atoms with Crippen LogP contribution < -0.4 is 0 Å². The number of rotatable bonds is 6. The third kappa shape index (κ3) is 4.25. The Hall–Kier alpha value is -1.20. The monoisotopic (exact) mass is 369 g/mol. The molecule has 2 unspecified atom stereocenters. The molecule has 0 saturated carbocycles. The minimum atomic E-state index is -0.553. The molecule has 0 aliphatic carbocycles. The first-order chi connectivity index (χ1) is 11.5. The van der Waals surface area contributed by atoms with Crippen LogP contribution in [0.15, 0.2) is 24.3 Å². The minimum absolute atomic E-state index is 0.0534. The third-order valence-corrected chi connectivity index (χ3v) is 5.58. The SMILES string of the molecule is CCCCOC(=O)C1CSC(c2ccccc2Cl)N1C(=O)C(C)C. The zero-order chi connectivity index (χ0) is 17.7. The van der Waals surface area contributed by atoms with Gasteiger partial charge in [0.2, 0.25) is 5.91 Å². The molecule has 0 aromatic heterocycles. The van der Waals surface area contributed by atoms with E-state index in [-0.39, 0.29) is 23.2 Å². The molecule has 0 N–H and O–H groups in total. The number of ether oxygens (including phenoxy) is 1. The van der Waals surface area contributed by atoms with Crippen molar-refractivity contribution in [3.05, 3.63) is 34.9 Å². The first-order valence-corrected chi connectivity index (χ1v) is 9.74. The van der Waals surface area contributed by atoms with E-state index in [1.54, 1.807) is 16.7 Å². The number of nitrogens with zero attached hydrogens (tertiary/aromatic N) is 1. The highest BCUT2D eigenvalue weighted by Crippen LogP contribution is 2.44. The van der Waals surface area contributed by atoms with Gasteiger partial charge in [-0.1, -0.05) is 57.0 Å². The largest absolute Gasteiger partial charge is 0.464 e. The van der Waals surface area contributed by atoms with Crippen molar-refractivity contribution < 1.29 is 14.3 Å². The minimum Gasteiger partial charge on any atom is -0.464 e. The first-order valence-electron chi connectivity index (χ1n) is 8.32. The van der Waals surface area contributed by atoms with E-state index < -0.39 is 6.04 Å². The number of carbonyl (C=O) groups is 2. The summed E-state index contributed by atoms with van der Waals surface area (Å²) in [5, 5.41) is 0.355. The van der Waals surface area contributed by atoms with Gasteiger partial charge in [-0.3, -0.25) is 4.79 Å². The maximum atomic E-state index is 12.7. The average Bonchev–Trinajstić information content (AvgIpc) is 2.99. The number of amides is 1. The van der Waals surface area contributed by atoms with E-state index >= 15 is 0 Å². The van der Waals surface area contributed by atoms with Crippen LogP contribution in [0.25, 0.3) is 0 Å². The van der Waals surface area contributed by atoms with Gasteiger partial charge >= 0.3 is 5.97 Å². The summed E-state index contributed by atoms with van der Waals surface area (Å²) < 4.78 is 5.36. The quantitative estimate of drug-likeness (QED) is 0.554. The van der Waals surface area contributed by atoms with Crippen molar-refractivity contribution in [3.63, 3.8) is 0 Å². The van der Waals surface area contributed by atoms with Crippen molar-refractivity contribution in [2.24, 2.45) is 5.92 Å². The molecule has 1 aromatic carbocycles. The summed E-state index contributed by atoms with van der Waals surface area (Å²) in [5.41, 5.74) is 0.863. The fourth-order valence-corrected chi connectivity index (χ4v) is 4.35. The smallest absolute Gasteiger partial charge is 0.329 e. The lowest BCUT2D eigenvalue weighted by atomic mass is 10.1. The molecule has 6 heteroatoms. The van der Waals surface area contributed by atoms with Crippen molar-refractivity contribution in [2.45, 2.75) is 45.0 Å². The zero-order valence-electron chi connectivity index (χ0n) is 14.3. The molecule has 1 fully saturated rings. The number of thioether (sulfide) groups is 1. The van der Waals surface area contributed by atoms with Gasteiger partial charge in [0.1, 0.15) is 11.4 Å². The highest BCUT2D eigenvalue weighted by molar-refractivity contribution is 7.99. The Kier molecular flexibility index (Phi) is 6.99. The zero-order valence-corrected chi connectivity index (χ0v) is 15.9. The van der Waals surface area contributed by atoms with Gasteiger partial charge in [-0.25, -0.2) is 4.79 Å². The van der Waals surface area contributed by atoms with Crippen LogP contribution in [0.3, 0.4) is 0 Å². The second-order valence-electron chi connectivity index (χ2n) is 6.14. The van der Waals surface area contributed by atoms with Gasteiger partial charge in [0.15, 0.2) is 0 Å². The second-order valence-corrected chi connectivity index (χ2v) is 7.66. The van der Waals surface area contributed by atoms with Gasteiger partial charge in [-0.15, -0.1) is 11.8 Å². The van der Waals surface area contributed by atoms with Crippen LogP contribution in [0.2, 0.25) is 5.02 Å². The number of hydrogen-bond donors (Lipinski definition) is 0. The lowest BCUT2D eigenvalue weighted by Gasteiger charge is -2.30. The molecule has 1 heterocycles. The lowest BCUT2D eigenvalue weighted by Crippen LogP contribution is -2.45. The van der Waals surface area contributed by atoms with E-state index in [0.29, 0.717) is 17.4 Å². The second kappa shape index (κ2) is 8.77. The van der Waals surface area contributed by atoms with Crippen LogP contribution in [0.5, 0.6) is 0 Å². The average molecular weight is 370 g/mol. The molecule has 0 spiro atoms. The summed E-state index contributed by atoms with van der Waals surface area (Å²) in [6, 6.07) is 6.92. The predicted molar refractivity (Wildman–Crippen MR) is 98.0 cm³/mol. The topological polar surface area (TPSA) is 46.6 Å².